The molecule has 5 nitrogen and oxygen atoms in total. The van der Waals surface area contributed by atoms with E-state index in [0.29, 0.717) is 17.2 Å². The number of fused-ring (bicyclic) bond motifs is 1. The minimum absolute atomic E-state index is 0.250. The lowest BCUT2D eigenvalue weighted by Crippen LogP contribution is -2.09. The van der Waals surface area contributed by atoms with Gasteiger partial charge in [-0.2, -0.15) is 0 Å². The lowest BCUT2D eigenvalue weighted by molar-refractivity contribution is -0.111. The number of ether oxygens (including phenoxy) is 2. The van der Waals surface area contributed by atoms with E-state index in [-0.39, 0.29) is 5.91 Å². The average Bonchev–Trinajstić information content (AvgIpc) is 3.22. The summed E-state index contributed by atoms with van der Waals surface area (Å²) in [7, 11) is 3.18. The number of hydrogen-bond donors (Lipinski definition) is 1. The van der Waals surface area contributed by atoms with Crippen LogP contribution in [0, 0.1) is 0 Å². The van der Waals surface area contributed by atoms with Crippen LogP contribution in [0.5, 0.6) is 11.5 Å². The Morgan fingerprint density at radius 3 is 2.39 bits per heavy atom. The molecule has 3 aromatic carbocycles. The molecule has 0 spiro atoms. The van der Waals surface area contributed by atoms with Gasteiger partial charge in [0.2, 0.25) is 5.91 Å². The average molecular weight is 413 g/mol. The predicted molar refractivity (Wildman–Crippen MR) is 123 cm³/mol. The number of amides is 1. The summed E-state index contributed by atoms with van der Waals surface area (Å²) in [4.78, 5) is 12.7. The summed E-state index contributed by atoms with van der Waals surface area (Å²) in [6.07, 6.45) is 3.30. The highest BCUT2D eigenvalue weighted by atomic mass is 16.5. The fraction of sp³-hybridized carbons (Fsp3) is 0.115. The molecule has 0 bridgehead atoms. The Bertz CT molecular complexity index is 1260. The molecular formula is C26H23NO4. The number of carbonyl (C=O) groups excluding carboxylic acids is 1. The van der Waals surface area contributed by atoms with Crippen molar-refractivity contribution in [3.05, 3.63) is 84.6 Å². The predicted octanol–water partition coefficient (Wildman–Crippen LogP) is 6.16. The van der Waals surface area contributed by atoms with E-state index >= 15 is 0 Å². The topological polar surface area (TPSA) is 60.7 Å². The Morgan fingerprint density at radius 1 is 0.935 bits per heavy atom. The molecule has 0 radical (unpaired) electrons. The number of para-hydroxylation sites is 2. The molecule has 1 amide bonds. The van der Waals surface area contributed by atoms with E-state index in [9.17, 15) is 4.79 Å². The molecule has 156 valence electrons. The van der Waals surface area contributed by atoms with Gasteiger partial charge >= 0.3 is 0 Å². The second-order valence-electron chi connectivity index (χ2n) is 7.08. The van der Waals surface area contributed by atoms with Gasteiger partial charge in [-0.1, -0.05) is 42.5 Å². The number of rotatable bonds is 6. The van der Waals surface area contributed by atoms with Crippen LogP contribution in [0.15, 0.2) is 83.5 Å². The number of nitrogens with one attached hydrogen (secondary N) is 1. The van der Waals surface area contributed by atoms with Gasteiger partial charge in [0.1, 0.15) is 17.1 Å². The standard InChI is InChI=1S/C26H23NO4/c1-17(13-26(28)27-22-11-7-8-12-23(22)29-2)19-14-20-21(18-9-5-4-6-10-18)16-31-25(20)15-24(19)30-3/h4-16H,1-3H3,(H,27,28)/b17-13+. The van der Waals surface area contributed by atoms with Gasteiger partial charge in [0.15, 0.2) is 0 Å². The molecule has 1 aromatic heterocycles. The van der Waals surface area contributed by atoms with E-state index < -0.39 is 0 Å². The third-order valence-corrected chi connectivity index (χ3v) is 5.12. The van der Waals surface area contributed by atoms with Crippen LogP contribution in [0.2, 0.25) is 0 Å². The molecule has 0 aliphatic rings. The largest absolute Gasteiger partial charge is 0.496 e. The van der Waals surface area contributed by atoms with Crippen molar-refractivity contribution in [2.45, 2.75) is 6.92 Å². The molecule has 1 N–H and O–H groups in total. The number of anilines is 1. The van der Waals surface area contributed by atoms with Crippen molar-refractivity contribution in [2.24, 2.45) is 0 Å². The molecule has 0 atom stereocenters. The van der Waals surface area contributed by atoms with Gasteiger partial charge in [-0.25, -0.2) is 0 Å². The second-order valence-corrected chi connectivity index (χ2v) is 7.08. The maximum absolute atomic E-state index is 12.7. The van der Waals surface area contributed by atoms with E-state index in [2.05, 4.69) is 5.32 Å². The normalized spacial score (nSPS) is 11.4. The first-order valence-electron chi connectivity index (χ1n) is 9.88. The Morgan fingerprint density at radius 2 is 1.65 bits per heavy atom. The molecular weight excluding hydrogens is 390 g/mol. The molecule has 0 saturated carbocycles. The Labute approximate surface area is 180 Å². The lowest BCUT2D eigenvalue weighted by atomic mass is 9.99. The fourth-order valence-corrected chi connectivity index (χ4v) is 3.56. The highest BCUT2D eigenvalue weighted by Gasteiger charge is 2.15. The minimum Gasteiger partial charge on any atom is -0.496 e. The van der Waals surface area contributed by atoms with Crippen molar-refractivity contribution in [1.82, 2.24) is 0 Å². The van der Waals surface area contributed by atoms with Gasteiger partial charge in [0.05, 0.1) is 26.2 Å². The molecule has 5 heteroatoms. The van der Waals surface area contributed by atoms with Gasteiger partial charge in [-0.05, 0) is 36.3 Å². The van der Waals surface area contributed by atoms with Gasteiger partial charge in [0.25, 0.3) is 0 Å². The van der Waals surface area contributed by atoms with Crippen LogP contribution in [-0.2, 0) is 4.79 Å². The summed E-state index contributed by atoms with van der Waals surface area (Å²) in [6.45, 7) is 1.88. The fourth-order valence-electron chi connectivity index (χ4n) is 3.56. The van der Waals surface area contributed by atoms with Crippen molar-refractivity contribution in [3.8, 4) is 22.6 Å². The number of methoxy groups -OCH3 is 2. The van der Waals surface area contributed by atoms with Gasteiger partial charge in [-0.3, -0.25) is 4.79 Å². The summed E-state index contributed by atoms with van der Waals surface area (Å²) in [6, 6.07) is 21.2. The van der Waals surface area contributed by atoms with Crippen LogP contribution in [0.1, 0.15) is 12.5 Å². The molecule has 4 aromatic rings. The molecule has 1 heterocycles. The second kappa shape index (κ2) is 8.79. The molecule has 0 aliphatic carbocycles. The zero-order valence-corrected chi connectivity index (χ0v) is 17.6. The molecule has 0 aliphatic heterocycles. The number of furan rings is 1. The number of hydrogen-bond acceptors (Lipinski definition) is 4. The highest BCUT2D eigenvalue weighted by Crippen LogP contribution is 2.37. The Kier molecular flexibility index (Phi) is 5.76. The van der Waals surface area contributed by atoms with Crippen molar-refractivity contribution in [3.63, 3.8) is 0 Å². The van der Waals surface area contributed by atoms with Crippen molar-refractivity contribution in [1.29, 1.82) is 0 Å². The zero-order chi connectivity index (χ0) is 21.8. The van der Waals surface area contributed by atoms with Gasteiger partial charge in [0, 0.05) is 28.7 Å². The van der Waals surface area contributed by atoms with E-state index in [1.807, 2.05) is 61.5 Å². The summed E-state index contributed by atoms with van der Waals surface area (Å²) in [5, 5.41) is 3.83. The molecule has 0 fully saturated rings. The van der Waals surface area contributed by atoms with Crippen LogP contribution in [0.25, 0.3) is 27.7 Å². The first-order valence-corrected chi connectivity index (χ1v) is 9.88. The number of carbonyl (C=O) groups is 1. The monoisotopic (exact) mass is 413 g/mol. The highest BCUT2D eigenvalue weighted by molar-refractivity contribution is 6.06. The SMILES string of the molecule is COc1ccccc1NC(=O)/C=C(\C)c1cc2c(-c3ccccc3)coc2cc1OC. The van der Waals surface area contributed by atoms with Crippen LogP contribution >= 0.6 is 0 Å². The minimum atomic E-state index is -0.250. The molecule has 31 heavy (non-hydrogen) atoms. The third kappa shape index (κ3) is 4.16. The van der Waals surface area contributed by atoms with Crippen LogP contribution in [0.3, 0.4) is 0 Å². The van der Waals surface area contributed by atoms with E-state index in [1.165, 1.54) is 0 Å². The van der Waals surface area contributed by atoms with Gasteiger partial charge in [-0.15, -0.1) is 0 Å². The summed E-state index contributed by atoms with van der Waals surface area (Å²) in [5.74, 6) is 0.992. The molecule has 0 unspecified atom stereocenters. The smallest absolute Gasteiger partial charge is 0.248 e. The van der Waals surface area contributed by atoms with Crippen LogP contribution in [0.4, 0.5) is 5.69 Å². The maximum atomic E-state index is 12.7. The third-order valence-electron chi connectivity index (χ3n) is 5.12. The van der Waals surface area contributed by atoms with E-state index in [0.717, 1.165) is 33.2 Å². The first-order chi connectivity index (χ1) is 15.1. The van der Waals surface area contributed by atoms with E-state index in [4.69, 9.17) is 13.9 Å². The summed E-state index contributed by atoms with van der Waals surface area (Å²) < 4.78 is 16.6. The van der Waals surface area contributed by atoms with Crippen molar-refractivity contribution < 1.29 is 18.7 Å². The number of benzene rings is 3. The van der Waals surface area contributed by atoms with Crippen molar-refractivity contribution >= 4 is 28.1 Å². The first kappa shape index (κ1) is 20.3. The van der Waals surface area contributed by atoms with Crippen LogP contribution in [-0.4, -0.2) is 20.1 Å². The van der Waals surface area contributed by atoms with Crippen LogP contribution < -0.4 is 14.8 Å². The number of allylic oxidation sites excluding steroid dienone is 1. The van der Waals surface area contributed by atoms with Gasteiger partial charge < -0.3 is 19.2 Å². The Hall–Kier alpha value is -3.99. The maximum Gasteiger partial charge on any atom is 0.248 e. The molecule has 0 saturated heterocycles. The molecule has 4 rings (SSSR count). The lowest BCUT2D eigenvalue weighted by Gasteiger charge is -2.11. The summed E-state index contributed by atoms with van der Waals surface area (Å²) in [5.41, 5.74) is 4.99. The van der Waals surface area contributed by atoms with E-state index in [1.54, 1.807) is 38.7 Å². The summed E-state index contributed by atoms with van der Waals surface area (Å²) >= 11 is 0. The Balaban J connectivity index is 1.71. The zero-order valence-electron chi connectivity index (χ0n) is 17.6. The quantitative estimate of drug-likeness (QED) is 0.385. The van der Waals surface area contributed by atoms with Crippen molar-refractivity contribution in [2.75, 3.05) is 19.5 Å².